The highest BCUT2D eigenvalue weighted by molar-refractivity contribution is 5.85. The summed E-state index contributed by atoms with van der Waals surface area (Å²) in [6, 6.07) is 6.50. The molecule has 21 heavy (non-hydrogen) atoms. The van der Waals surface area contributed by atoms with Gasteiger partial charge in [-0.05, 0) is 24.6 Å². The largest absolute Gasteiger partial charge is 0.494 e. The molecule has 1 atom stereocenters. The number of alkyl halides is 2. The molecule has 1 aromatic carbocycles. The van der Waals surface area contributed by atoms with E-state index in [9.17, 15) is 13.6 Å². The van der Waals surface area contributed by atoms with Crippen LogP contribution < -0.4 is 15.4 Å². The Labute approximate surface area is 128 Å². The minimum Gasteiger partial charge on any atom is -0.494 e. The molecule has 1 aliphatic heterocycles. The third kappa shape index (κ3) is 5.13. The number of carbonyl (C=O) groups is 1. The number of benzene rings is 1. The number of hydrogen-bond donors (Lipinski definition) is 2. The van der Waals surface area contributed by atoms with E-state index in [2.05, 4.69) is 10.6 Å². The highest BCUT2D eigenvalue weighted by atomic mass is 35.5. The fourth-order valence-electron chi connectivity index (χ4n) is 2.13. The number of carbonyl (C=O) groups excluding carboxylic acids is 1. The van der Waals surface area contributed by atoms with E-state index in [0.29, 0.717) is 13.2 Å². The van der Waals surface area contributed by atoms with Gasteiger partial charge in [0.1, 0.15) is 5.75 Å². The molecule has 1 fully saturated rings. The van der Waals surface area contributed by atoms with E-state index >= 15 is 0 Å². The summed E-state index contributed by atoms with van der Waals surface area (Å²) >= 11 is 0. The van der Waals surface area contributed by atoms with Crippen molar-refractivity contribution in [2.75, 3.05) is 13.2 Å². The van der Waals surface area contributed by atoms with Gasteiger partial charge in [0, 0.05) is 13.0 Å². The van der Waals surface area contributed by atoms with Crippen LogP contribution in [0.15, 0.2) is 24.3 Å². The maximum Gasteiger partial charge on any atom is 0.262 e. The Kier molecular flexibility index (Phi) is 6.36. The van der Waals surface area contributed by atoms with Crippen molar-refractivity contribution in [1.29, 1.82) is 0 Å². The first kappa shape index (κ1) is 17.7. The van der Waals surface area contributed by atoms with Crippen molar-refractivity contribution in [2.24, 2.45) is 0 Å². The maximum atomic E-state index is 13.0. The van der Waals surface area contributed by atoms with Crippen molar-refractivity contribution >= 4 is 18.3 Å². The lowest BCUT2D eigenvalue weighted by Gasteiger charge is -2.12. The monoisotopic (exact) mass is 320 g/mol. The third-order valence-corrected chi connectivity index (χ3v) is 3.10. The molecule has 2 rings (SSSR count). The molecule has 1 aromatic rings. The van der Waals surface area contributed by atoms with Gasteiger partial charge in [0.05, 0.1) is 19.2 Å². The summed E-state index contributed by atoms with van der Waals surface area (Å²) in [7, 11) is 0. The van der Waals surface area contributed by atoms with Crippen molar-refractivity contribution in [1.82, 2.24) is 10.6 Å². The SMILES string of the molecule is CCOc1cccc(CNC(=O)C2CC(F)(F)CN2)c1.Cl. The molecule has 0 spiro atoms. The third-order valence-electron chi connectivity index (χ3n) is 3.10. The average molecular weight is 321 g/mol. The van der Waals surface area contributed by atoms with Gasteiger partial charge in [0.25, 0.3) is 5.92 Å². The van der Waals surface area contributed by atoms with Crippen molar-refractivity contribution in [3.05, 3.63) is 29.8 Å². The first-order valence-corrected chi connectivity index (χ1v) is 6.61. The minimum absolute atomic E-state index is 0. The number of rotatable bonds is 5. The van der Waals surface area contributed by atoms with Gasteiger partial charge in [-0.1, -0.05) is 12.1 Å². The minimum atomic E-state index is -2.79. The smallest absolute Gasteiger partial charge is 0.262 e. The van der Waals surface area contributed by atoms with Crippen molar-refractivity contribution in [2.45, 2.75) is 31.9 Å². The van der Waals surface area contributed by atoms with Gasteiger partial charge in [-0.2, -0.15) is 0 Å². The second-order valence-electron chi connectivity index (χ2n) is 4.79. The summed E-state index contributed by atoms with van der Waals surface area (Å²) in [6.07, 6.45) is -0.447. The van der Waals surface area contributed by atoms with Crippen LogP contribution in [-0.2, 0) is 11.3 Å². The summed E-state index contributed by atoms with van der Waals surface area (Å²) in [4.78, 5) is 11.8. The zero-order valence-electron chi connectivity index (χ0n) is 11.7. The van der Waals surface area contributed by atoms with Gasteiger partial charge in [-0.15, -0.1) is 12.4 Å². The fraction of sp³-hybridized carbons (Fsp3) is 0.500. The molecule has 0 bridgehead atoms. The van der Waals surface area contributed by atoms with E-state index < -0.39 is 30.8 Å². The second-order valence-corrected chi connectivity index (χ2v) is 4.79. The Morgan fingerprint density at radius 3 is 2.90 bits per heavy atom. The second kappa shape index (κ2) is 7.56. The lowest BCUT2D eigenvalue weighted by molar-refractivity contribution is -0.123. The molecule has 118 valence electrons. The quantitative estimate of drug-likeness (QED) is 0.874. The molecular weight excluding hydrogens is 302 g/mol. The predicted octanol–water partition coefficient (Wildman–Crippen LogP) is 2.12. The van der Waals surface area contributed by atoms with Crippen LogP contribution in [0, 0.1) is 0 Å². The molecule has 1 aliphatic rings. The van der Waals surface area contributed by atoms with Gasteiger partial charge in [0.2, 0.25) is 5.91 Å². The molecule has 2 N–H and O–H groups in total. The predicted molar refractivity (Wildman–Crippen MR) is 78.1 cm³/mol. The summed E-state index contributed by atoms with van der Waals surface area (Å²) in [5.41, 5.74) is 0.869. The number of ether oxygens (including phenoxy) is 1. The van der Waals surface area contributed by atoms with Gasteiger partial charge in [0.15, 0.2) is 0 Å². The van der Waals surface area contributed by atoms with Crippen LogP contribution in [-0.4, -0.2) is 31.0 Å². The highest BCUT2D eigenvalue weighted by Gasteiger charge is 2.42. The normalized spacial score (nSPS) is 19.7. The molecule has 4 nitrogen and oxygen atoms in total. The number of halogens is 3. The maximum absolute atomic E-state index is 13.0. The first-order chi connectivity index (χ1) is 9.50. The Morgan fingerprint density at radius 1 is 1.52 bits per heavy atom. The summed E-state index contributed by atoms with van der Waals surface area (Å²) in [6.45, 7) is 2.31. The molecule has 0 radical (unpaired) electrons. The van der Waals surface area contributed by atoms with E-state index in [1.165, 1.54) is 0 Å². The van der Waals surface area contributed by atoms with Crippen LogP contribution in [0.2, 0.25) is 0 Å². The molecule has 0 aromatic heterocycles. The van der Waals surface area contributed by atoms with Crippen LogP contribution >= 0.6 is 12.4 Å². The molecule has 1 saturated heterocycles. The van der Waals surface area contributed by atoms with E-state index in [1.807, 2.05) is 31.2 Å². The molecular formula is C14H19ClF2N2O2. The van der Waals surface area contributed by atoms with E-state index in [4.69, 9.17) is 4.74 Å². The lowest BCUT2D eigenvalue weighted by Crippen LogP contribution is -2.40. The van der Waals surface area contributed by atoms with Crippen LogP contribution in [0.5, 0.6) is 5.75 Å². The summed E-state index contributed by atoms with van der Waals surface area (Å²) < 4.78 is 31.3. The summed E-state index contributed by atoms with van der Waals surface area (Å²) in [5.74, 6) is -2.47. The van der Waals surface area contributed by atoms with Crippen LogP contribution in [0.3, 0.4) is 0 Å². The topological polar surface area (TPSA) is 50.4 Å². The van der Waals surface area contributed by atoms with Gasteiger partial charge >= 0.3 is 0 Å². The molecule has 7 heteroatoms. The van der Waals surface area contributed by atoms with Crippen molar-refractivity contribution < 1.29 is 18.3 Å². The number of amides is 1. The Morgan fingerprint density at radius 2 is 2.29 bits per heavy atom. The van der Waals surface area contributed by atoms with Gasteiger partial charge < -0.3 is 10.1 Å². The average Bonchev–Trinajstić information content (AvgIpc) is 2.77. The van der Waals surface area contributed by atoms with Gasteiger partial charge in [-0.3, -0.25) is 10.1 Å². The van der Waals surface area contributed by atoms with Crippen molar-refractivity contribution in [3.63, 3.8) is 0 Å². The van der Waals surface area contributed by atoms with Crippen molar-refractivity contribution in [3.8, 4) is 5.75 Å². The highest BCUT2D eigenvalue weighted by Crippen LogP contribution is 2.25. The molecule has 0 saturated carbocycles. The van der Waals surface area contributed by atoms with Crippen LogP contribution in [0.1, 0.15) is 18.9 Å². The fourth-order valence-corrected chi connectivity index (χ4v) is 2.13. The molecule has 0 aliphatic carbocycles. The molecule has 1 unspecified atom stereocenters. The van der Waals surface area contributed by atoms with Gasteiger partial charge in [-0.25, -0.2) is 8.78 Å². The zero-order valence-corrected chi connectivity index (χ0v) is 12.5. The van der Waals surface area contributed by atoms with Crippen LogP contribution in [0.25, 0.3) is 0 Å². The Balaban J connectivity index is 0.00000220. The zero-order chi connectivity index (χ0) is 14.6. The Bertz CT molecular complexity index is 486. The molecule has 1 heterocycles. The Hall–Kier alpha value is -1.40. The summed E-state index contributed by atoms with van der Waals surface area (Å²) in [5, 5.41) is 5.19. The number of hydrogen-bond acceptors (Lipinski definition) is 3. The number of nitrogens with one attached hydrogen (secondary N) is 2. The van der Waals surface area contributed by atoms with E-state index in [0.717, 1.165) is 11.3 Å². The van der Waals surface area contributed by atoms with Crippen LogP contribution in [0.4, 0.5) is 8.78 Å². The van der Waals surface area contributed by atoms with E-state index in [1.54, 1.807) is 0 Å². The van der Waals surface area contributed by atoms with E-state index in [-0.39, 0.29) is 12.4 Å². The standard InChI is InChI=1S/C14H18F2N2O2.ClH/c1-2-20-11-5-3-4-10(6-11)8-17-13(19)12-7-14(15,16)9-18-12;/h3-6,12,18H,2,7-9H2,1H3,(H,17,19);1H. The molecule has 1 amide bonds. The first-order valence-electron chi connectivity index (χ1n) is 6.61. The lowest BCUT2D eigenvalue weighted by atomic mass is 10.1.